The summed E-state index contributed by atoms with van der Waals surface area (Å²) in [5.41, 5.74) is 1.31. The van der Waals surface area contributed by atoms with Gasteiger partial charge in [-0.05, 0) is 117 Å². The van der Waals surface area contributed by atoms with Gasteiger partial charge in [0.25, 0.3) is 0 Å². The van der Waals surface area contributed by atoms with Crippen LogP contribution in [0.1, 0.15) is 112 Å². The Morgan fingerprint density at radius 1 is 0.828 bits per heavy atom. The Bertz CT molecular complexity index is 555. The molecule has 0 heterocycles. The van der Waals surface area contributed by atoms with Crippen molar-refractivity contribution < 1.29 is 0 Å². The molecular formula is C28H51N. The van der Waals surface area contributed by atoms with Crippen LogP contribution in [0.3, 0.4) is 0 Å². The Balaban J connectivity index is 1.45. The summed E-state index contributed by atoms with van der Waals surface area (Å²) in [5, 5.41) is 3.61. The molecule has 9 atom stereocenters. The molecule has 0 aromatic heterocycles. The summed E-state index contributed by atoms with van der Waals surface area (Å²) in [4.78, 5) is 0. The van der Waals surface area contributed by atoms with Gasteiger partial charge in [0, 0.05) is 6.04 Å². The van der Waals surface area contributed by atoms with Gasteiger partial charge in [0.2, 0.25) is 0 Å². The molecule has 4 saturated carbocycles. The maximum Gasteiger partial charge on any atom is 0.00671 e. The van der Waals surface area contributed by atoms with E-state index in [1.165, 1.54) is 57.8 Å². The predicted molar refractivity (Wildman–Crippen MR) is 126 cm³/mol. The molecule has 4 rings (SSSR count). The minimum atomic E-state index is 0.651. The zero-order chi connectivity index (χ0) is 20.8. The highest BCUT2D eigenvalue weighted by Gasteiger charge is 2.60. The van der Waals surface area contributed by atoms with Crippen LogP contribution in [0.2, 0.25) is 0 Å². The van der Waals surface area contributed by atoms with Crippen molar-refractivity contribution in [2.45, 2.75) is 118 Å². The molecule has 0 aliphatic heterocycles. The molecule has 0 spiro atoms. The van der Waals surface area contributed by atoms with Crippen molar-refractivity contribution in [3.8, 4) is 0 Å². The van der Waals surface area contributed by atoms with E-state index in [1.54, 1.807) is 19.3 Å². The average molecular weight is 402 g/mol. The number of rotatable bonds is 6. The van der Waals surface area contributed by atoms with Gasteiger partial charge in [0.1, 0.15) is 0 Å². The maximum atomic E-state index is 3.61. The van der Waals surface area contributed by atoms with E-state index in [-0.39, 0.29) is 0 Å². The molecule has 168 valence electrons. The van der Waals surface area contributed by atoms with Gasteiger partial charge in [-0.25, -0.2) is 0 Å². The van der Waals surface area contributed by atoms with Gasteiger partial charge in [0.15, 0.2) is 0 Å². The molecule has 0 radical (unpaired) electrons. The van der Waals surface area contributed by atoms with Crippen molar-refractivity contribution in [2.24, 2.45) is 52.3 Å². The SMILES string of the molecule is CN[C@H]1CCC2(C)C3CCC4(C)C(CCC4[C@H](C)CCCC(C)C)[C@@H]3CC[C@H]2C1. The lowest BCUT2D eigenvalue weighted by atomic mass is 9.44. The number of hydrogen-bond acceptors (Lipinski definition) is 1. The fourth-order valence-electron chi connectivity index (χ4n) is 9.54. The van der Waals surface area contributed by atoms with Crippen molar-refractivity contribution in [3.05, 3.63) is 0 Å². The standard InChI is InChI=1S/C28H51N/c1-19(2)8-7-9-20(3)24-12-13-25-23-11-10-21-18-22(29-6)14-16-27(21,4)26(23)15-17-28(24,25)5/h19-26,29H,7-18H2,1-6H3/t20-,21+,22+,23+,24?,25?,26?,27?,28?/m1/s1. The first kappa shape index (κ1) is 22.2. The minimum Gasteiger partial charge on any atom is -0.317 e. The summed E-state index contributed by atoms with van der Waals surface area (Å²) in [6.07, 6.45) is 18.0. The van der Waals surface area contributed by atoms with E-state index in [2.05, 4.69) is 47.0 Å². The van der Waals surface area contributed by atoms with E-state index in [0.29, 0.717) is 10.8 Å². The predicted octanol–water partition coefficient (Wildman–Crippen LogP) is 7.70. The second-order valence-electron chi connectivity index (χ2n) is 12.9. The first-order valence-electron chi connectivity index (χ1n) is 13.5. The second-order valence-corrected chi connectivity index (χ2v) is 12.9. The molecule has 29 heavy (non-hydrogen) atoms. The highest BCUT2D eigenvalue weighted by molar-refractivity contribution is 5.10. The van der Waals surface area contributed by atoms with Gasteiger partial charge in [0.05, 0.1) is 0 Å². The monoisotopic (exact) mass is 401 g/mol. The van der Waals surface area contributed by atoms with Crippen molar-refractivity contribution in [1.29, 1.82) is 0 Å². The smallest absolute Gasteiger partial charge is 0.00671 e. The topological polar surface area (TPSA) is 12.0 Å². The van der Waals surface area contributed by atoms with Gasteiger partial charge in [-0.1, -0.05) is 53.9 Å². The summed E-state index contributed by atoms with van der Waals surface area (Å²) in [7, 11) is 2.19. The molecule has 4 fully saturated rings. The van der Waals surface area contributed by atoms with E-state index < -0.39 is 0 Å². The summed E-state index contributed by atoms with van der Waals surface area (Å²) < 4.78 is 0. The molecular weight excluding hydrogens is 350 g/mol. The number of nitrogens with one attached hydrogen (secondary N) is 1. The lowest BCUT2D eigenvalue weighted by Crippen LogP contribution is -2.55. The third-order valence-electron chi connectivity index (χ3n) is 11.3. The number of fused-ring (bicyclic) bond motifs is 5. The molecule has 0 amide bonds. The van der Waals surface area contributed by atoms with Crippen molar-refractivity contribution in [3.63, 3.8) is 0 Å². The van der Waals surface area contributed by atoms with Crippen molar-refractivity contribution in [1.82, 2.24) is 5.32 Å². The molecule has 1 heteroatoms. The first-order chi connectivity index (χ1) is 13.8. The fraction of sp³-hybridized carbons (Fsp3) is 1.00. The molecule has 5 unspecified atom stereocenters. The van der Waals surface area contributed by atoms with Crippen molar-refractivity contribution >= 4 is 0 Å². The lowest BCUT2D eigenvalue weighted by Gasteiger charge is -2.61. The van der Waals surface area contributed by atoms with Gasteiger partial charge in [-0.15, -0.1) is 0 Å². The molecule has 1 N–H and O–H groups in total. The summed E-state index contributed by atoms with van der Waals surface area (Å²) in [6.45, 7) is 12.9. The minimum absolute atomic E-state index is 0.651. The number of hydrogen-bond donors (Lipinski definition) is 1. The molecule has 0 aromatic carbocycles. The van der Waals surface area contributed by atoms with E-state index in [1.807, 2.05) is 0 Å². The van der Waals surface area contributed by atoms with Crippen LogP contribution in [0.25, 0.3) is 0 Å². The van der Waals surface area contributed by atoms with Crippen LogP contribution < -0.4 is 5.32 Å². The van der Waals surface area contributed by atoms with Crippen LogP contribution in [-0.2, 0) is 0 Å². The Hall–Kier alpha value is -0.0400. The quantitative estimate of drug-likeness (QED) is 0.481. The van der Waals surface area contributed by atoms with E-state index in [4.69, 9.17) is 0 Å². The van der Waals surface area contributed by atoms with Gasteiger partial charge < -0.3 is 5.32 Å². The van der Waals surface area contributed by atoms with E-state index in [0.717, 1.165) is 47.5 Å². The van der Waals surface area contributed by atoms with Crippen LogP contribution in [-0.4, -0.2) is 13.1 Å². The van der Waals surface area contributed by atoms with Gasteiger partial charge >= 0.3 is 0 Å². The summed E-state index contributed by atoms with van der Waals surface area (Å²) in [5.74, 6) is 6.94. The molecule has 4 aliphatic carbocycles. The Morgan fingerprint density at radius 2 is 1.55 bits per heavy atom. The Morgan fingerprint density at radius 3 is 2.28 bits per heavy atom. The summed E-state index contributed by atoms with van der Waals surface area (Å²) >= 11 is 0. The maximum absolute atomic E-state index is 3.61. The zero-order valence-corrected chi connectivity index (χ0v) is 20.6. The van der Waals surface area contributed by atoms with Crippen LogP contribution in [0, 0.1) is 52.3 Å². The first-order valence-corrected chi connectivity index (χ1v) is 13.5. The molecule has 1 nitrogen and oxygen atoms in total. The third-order valence-corrected chi connectivity index (χ3v) is 11.3. The largest absolute Gasteiger partial charge is 0.317 e. The highest BCUT2D eigenvalue weighted by Crippen LogP contribution is 2.68. The average Bonchev–Trinajstić information content (AvgIpc) is 3.04. The van der Waals surface area contributed by atoms with Crippen LogP contribution in [0.15, 0.2) is 0 Å². The molecule has 0 aromatic rings. The molecule has 0 saturated heterocycles. The fourth-order valence-corrected chi connectivity index (χ4v) is 9.54. The Kier molecular flexibility index (Phi) is 6.48. The van der Waals surface area contributed by atoms with Crippen LogP contribution in [0.4, 0.5) is 0 Å². The normalized spacial score (nSPS) is 48.1. The van der Waals surface area contributed by atoms with Gasteiger partial charge in [-0.2, -0.15) is 0 Å². The molecule has 0 bridgehead atoms. The zero-order valence-electron chi connectivity index (χ0n) is 20.6. The van der Waals surface area contributed by atoms with Crippen LogP contribution in [0.5, 0.6) is 0 Å². The lowest BCUT2D eigenvalue weighted by molar-refractivity contribution is -0.117. The third kappa shape index (κ3) is 3.85. The highest BCUT2D eigenvalue weighted by atomic mass is 14.9. The van der Waals surface area contributed by atoms with E-state index >= 15 is 0 Å². The van der Waals surface area contributed by atoms with Crippen molar-refractivity contribution in [2.75, 3.05) is 7.05 Å². The Labute approximate surface area is 182 Å². The second kappa shape index (κ2) is 8.48. The van der Waals surface area contributed by atoms with Crippen LogP contribution >= 0.6 is 0 Å². The van der Waals surface area contributed by atoms with E-state index in [9.17, 15) is 0 Å². The van der Waals surface area contributed by atoms with Gasteiger partial charge in [-0.3, -0.25) is 0 Å². The summed E-state index contributed by atoms with van der Waals surface area (Å²) in [6, 6.07) is 0.793. The molecule has 4 aliphatic rings.